The van der Waals surface area contributed by atoms with E-state index in [9.17, 15) is 14.4 Å². The van der Waals surface area contributed by atoms with Gasteiger partial charge in [-0.25, -0.2) is 0 Å². The van der Waals surface area contributed by atoms with Crippen LogP contribution >= 0.6 is 0 Å². The van der Waals surface area contributed by atoms with Crippen molar-refractivity contribution in [3.8, 4) is 0 Å². The molecule has 6 heteroatoms. The summed E-state index contributed by atoms with van der Waals surface area (Å²) in [5.74, 6) is -1.01. The average Bonchev–Trinajstić information content (AvgIpc) is 2.62. The van der Waals surface area contributed by atoms with Crippen molar-refractivity contribution < 1.29 is 19.1 Å². The van der Waals surface area contributed by atoms with E-state index in [0.717, 1.165) is 4.90 Å². The molecule has 1 aliphatic heterocycles. The fraction of sp³-hybridized carbons (Fsp3) is 0.308. The van der Waals surface area contributed by atoms with Crippen LogP contribution in [0.1, 0.15) is 27.6 Å². The predicted molar refractivity (Wildman–Crippen MR) is 68.0 cm³/mol. The van der Waals surface area contributed by atoms with E-state index >= 15 is 0 Å². The molecule has 2 rings (SSSR count). The molecule has 100 valence electrons. The van der Waals surface area contributed by atoms with Crippen LogP contribution in [0.25, 0.3) is 0 Å². The number of carbonyl (C=O) groups excluding carboxylic acids is 3. The summed E-state index contributed by atoms with van der Waals surface area (Å²) in [5, 5.41) is 2.85. The van der Waals surface area contributed by atoms with Gasteiger partial charge in [0.1, 0.15) is 6.54 Å². The Morgan fingerprint density at radius 2 is 1.95 bits per heavy atom. The van der Waals surface area contributed by atoms with Crippen LogP contribution in [0.3, 0.4) is 0 Å². The Morgan fingerprint density at radius 1 is 1.26 bits per heavy atom. The maximum absolute atomic E-state index is 11.8. The van der Waals surface area contributed by atoms with Crippen molar-refractivity contribution in [1.29, 1.82) is 0 Å². The lowest BCUT2D eigenvalue weighted by Gasteiger charge is -2.06. The van der Waals surface area contributed by atoms with Gasteiger partial charge in [0, 0.05) is 12.7 Å². The third-order valence-electron chi connectivity index (χ3n) is 2.83. The zero-order chi connectivity index (χ0) is 14.0. The van der Waals surface area contributed by atoms with Gasteiger partial charge in [-0.1, -0.05) is 0 Å². The van der Waals surface area contributed by atoms with Crippen LogP contribution in [0, 0.1) is 0 Å². The monoisotopic (exact) mass is 262 g/mol. The van der Waals surface area contributed by atoms with Gasteiger partial charge in [0.25, 0.3) is 11.8 Å². The van der Waals surface area contributed by atoms with Crippen molar-refractivity contribution in [2.24, 2.45) is 0 Å². The molecule has 0 saturated heterocycles. The van der Waals surface area contributed by atoms with Gasteiger partial charge < -0.3 is 10.1 Å². The molecule has 0 fully saturated rings. The zero-order valence-corrected chi connectivity index (χ0v) is 10.7. The van der Waals surface area contributed by atoms with E-state index in [1.165, 1.54) is 7.05 Å². The van der Waals surface area contributed by atoms with Gasteiger partial charge in [-0.2, -0.15) is 0 Å². The second kappa shape index (κ2) is 5.09. The number of rotatable bonds is 4. The summed E-state index contributed by atoms with van der Waals surface area (Å²) in [6.07, 6.45) is 0. The molecular formula is C13H14N2O4. The van der Waals surface area contributed by atoms with Crippen LogP contribution in [-0.2, 0) is 9.53 Å². The highest BCUT2D eigenvalue weighted by Crippen LogP contribution is 2.24. The Bertz CT molecular complexity index is 554. The molecule has 0 saturated carbocycles. The minimum Gasteiger partial charge on any atom is -0.465 e. The number of benzene rings is 1. The summed E-state index contributed by atoms with van der Waals surface area (Å²) in [5.41, 5.74) is 1.33. The second-order valence-corrected chi connectivity index (χ2v) is 4.09. The van der Waals surface area contributed by atoms with E-state index in [1.54, 1.807) is 25.1 Å². The topological polar surface area (TPSA) is 75.7 Å². The van der Waals surface area contributed by atoms with Gasteiger partial charge in [-0.15, -0.1) is 0 Å². The largest absolute Gasteiger partial charge is 0.465 e. The first-order chi connectivity index (χ1) is 9.04. The van der Waals surface area contributed by atoms with E-state index in [-0.39, 0.29) is 24.3 Å². The minimum atomic E-state index is -0.373. The first-order valence-electron chi connectivity index (χ1n) is 5.90. The first-order valence-corrected chi connectivity index (χ1v) is 5.90. The first kappa shape index (κ1) is 13.1. The summed E-state index contributed by atoms with van der Waals surface area (Å²) in [6, 6.07) is 4.80. The molecule has 1 N–H and O–H groups in total. The number of nitrogens with one attached hydrogen (secondary N) is 1. The van der Waals surface area contributed by atoms with Crippen LogP contribution in [-0.4, -0.2) is 42.9 Å². The molecule has 1 heterocycles. The fourth-order valence-corrected chi connectivity index (χ4v) is 1.86. The summed E-state index contributed by atoms with van der Waals surface area (Å²) in [4.78, 5) is 35.7. The highest BCUT2D eigenvalue weighted by Gasteiger charge is 2.32. The van der Waals surface area contributed by atoms with Crippen molar-refractivity contribution in [2.75, 3.05) is 25.5 Å². The Balaban J connectivity index is 2.13. The quantitative estimate of drug-likeness (QED) is 0.644. The maximum atomic E-state index is 11.8. The van der Waals surface area contributed by atoms with E-state index in [2.05, 4.69) is 5.32 Å². The molecule has 0 radical (unpaired) electrons. The summed E-state index contributed by atoms with van der Waals surface area (Å²) in [6.45, 7) is 2.07. The van der Waals surface area contributed by atoms with E-state index in [4.69, 9.17) is 4.74 Å². The molecular weight excluding hydrogens is 248 g/mol. The second-order valence-electron chi connectivity index (χ2n) is 4.09. The van der Waals surface area contributed by atoms with Gasteiger partial charge in [0.05, 0.1) is 17.7 Å². The minimum absolute atomic E-state index is 0.0185. The smallest absolute Gasteiger partial charge is 0.325 e. The van der Waals surface area contributed by atoms with Crippen molar-refractivity contribution in [2.45, 2.75) is 6.92 Å². The van der Waals surface area contributed by atoms with Gasteiger partial charge in [0.2, 0.25) is 0 Å². The highest BCUT2D eigenvalue weighted by atomic mass is 16.5. The van der Waals surface area contributed by atoms with Crippen molar-refractivity contribution in [1.82, 2.24) is 4.90 Å². The lowest BCUT2D eigenvalue weighted by molar-refractivity contribution is -0.140. The van der Waals surface area contributed by atoms with Gasteiger partial charge in [-0.05, 0) is 25.1 Å². The number of anilines is 1. The molecule has 0 spiro atoms. The predicted octanol–water partition coefficient (Wildman–Crippen LogP) is 0.887. The van der Waals surface area contributed by atoms with Crippen LogP contribution in [0.4, 0.5) is 5.69 Å². The molecule has 6 nitrogen and oxygen atoms in total. The SMILES string of the molecule is CCOC(=O)CNc1ccc2c(c1)C(=O)N(C)C2=O. The molecule has 0 bridgehead atoms. The van der Waals surface area contributed by atoms with Gasteiger partial charge in [0.15, 0.2) is 0 Å². The van der Waals surface area contributed by atoms with Gasteiger partial charge >= 0.3 is 5.97 Å². The van der Waals surface area contributed by atoms with Crippen LogP contribution < -0.4 is 5.32 Å². The highest BCUT2D eigenvalue weighted by molar-refractivity contribution is 6.21. The molecule has 2 amide bonds. The lowest BCUT2D eigenvalue weighted by Crippen LogP contribution is -2.24. The molecule has 1 aromatic rings. The van der Waals surface area contributed by atoms with Crippen LogP contribution in [0.5, 0.6) is 0 Å². The molecule has 0 aliphatic carbocycles. The molecule has 19 heavy (non-hydrogen) atoms. The number of amides is 2. The zero-order valence-electron chi connectivity index (χ0n) is 10.7. The molecule has 0 unspecified atom stereocenters. The summed E-state index contributed by atoms with van der Waals surface area (Å²) >= 11 is 0. The Hall–Kier alpha value is -2.37. The normalized spacial score (nSPS) is 13.5. The van der Waals surface area contributed by atoms with E-state index in [0.29, 0.717) is 23.4 Å². The maximum Gasteiger partial charge on any atom is 0.325 e. The fourth-order valence-electron chi connectivity index (χ4n) is 1.86. The summed E-state index contributed by atoms with van der Waals surface area (Å²) in [7, 11) is 1.44. The van der Waals surface area contributed by atoms with E-state index in [1.807, 2.05) is 0 Å². The van der Waals surface area contributed by atoms with Crippen molar-refractivity contribution in [3.63, 3.8) is 0 Å². The molecule has 1 aromatic carbocycles. The number of hydrogen-bond donors (Lipinski definition) is 1. The number of hydrogen-bond acceptors (Lipinski definition) is 5. The number of carbonyl (C=O) groups is 3. The average molecular weight is 262 g/mol. The van der Waals surface area contributed by atoms with Crippen molar-refractivity contribution >= 4 is 23.5 Å². The van der Waals surface area contributed by atoms with Crippen LogP contribution in [0.15, 0.2) is 18.2 Å². The third-order valence-corrected chi connectivity index (χ3v) is 2.83. The number of imide groups is 1. The van der Waals surface area contributed by atoms with E-state index < -0.39 is 0 Å². The number of fused-ring (bicyclic) bond motifs is 1. The van der Waals surface area contributed by atoms with Gasteiger partial charge in [-0.3, -0.25) is 19.3 Å². The number of esters is 1. The Labute approximate surface area is 110 Å². The summed E-state index contributed by atoms with van der Waals surface area (Å²) < 4.78 is 4.78. The Kier molecular flexibility index (Phi) is 3.50. The Morgan fingerprint density at radius 3 is 2.63 bits per heavy atom. The van der Waals surface area contributed by atoms with Crippen molar-refractivity contribution in [3.05, 3.63) is 29.3 Å². The number of ether oxygens (including phenoxy) is 1. The molecule has 1 aliphatic rings. The molecule has 0 aromatic heterocycles. The van der Waals surface area contributed by atoms with Crippen LogP contribution in [0.2, 0.25) is 0 Å². The number of nitrogens with zero attached hydrogens (tertiary/aromatic N) is 1. The third kappa shape index (κ3) is 2.42. The molecule has 0 atom stereocenters. The standard InChI is InChI=1S/C13H14N2O4/c1-3-19-11(16)7-14-8-4-5-9-10(6-8)13(18)15(2)12(9)17/h4-6,14H,3,7H2,1-2H3. The lowest BCUT2D eigenvalue weighted by atomic mass is 10.1.